The van der Waals surface area contributed by atoms with Crippen LogP contribution in [0.25, 0.3) is 10.9 Å². The Morgan fingerprint density at radius 1 is 1.16 bits per heavy atom. The lowest BCUT2D eigenvalue weighted by Crippen LogP contribution is -2.51. The summed E-state index contributed by atoms with van der Waals surface area (Å²) >= 11 is 3.65. The van der Waals surface area contributed by atoms with Crippen molar-refractivity contribution in [2.24, 2.45) is 5.92 Å². The standard InChI is InChI=1S/C27H27BrFN5O3/c1-16-13-33(14-20(16)29)23(35)15-34-22-4-2-3-19(28)24(22)27(26(34)37)7-9-32(10-8-27)25(36)17-5-6-21-18(11-17)12-30-31-21/h2-6,11-12,16,20H,7-10,13-15H2,1H3,(H,30,31)/t16-,20+/m1/s1. The van der Waals surface area contributed by atoms with Crippen molar-refractivity contribution in [1.82, 2.24) is 20.0 Å². The number of nitrogens with zero attached hydrogens (tertiary/aromatic N) is 4. The first-order valence-electron chi connectivity index (χ1n) is 12.5. The molecule has 192 valence electrons. The molecular formula is C27H27BrFN5O3. The number of amides is 3. The highest BCUT2D eigenvalue weighted by atomic mass is 79.9. The largest absolute Gasteiger partial charge is 0.339 e. The molecule has 0 saturated carbocycles. The summed E-state index contributed by atoms with van der Waals surface area (Å²) in [6.07, 6.45) is 1.57. The minimum Gasteiger partial charge on any atom is -0.339 e. The van der Waals surface area contributed by atoms with Gasteiger partial charge >= 0.3 is 0 Å². The molecule has 4 heterocycles. The first kappa shape index (κ1) is 24.1. The predicted octanol–water partition coefficient (Wildman–Crippen LogP) is 3.66. The Hall–Kier alpha value is -3.27. The van der Waals surface area contributed by atoms with E-state index in [1.54, 1.807) is 29.0 Å². The Labute approximate surface area is 221 Å². The van der Waals surface area contributed by atoms with Gasteiger partial charge in [-0.1, -0.05) is 28.9 Å². The van der Waals surface area contributed by atoms with Gasteiger partial charge < -0.3 is 14.7 Å². The fourth-order valence-corrected chi connectivity index (χ4v) is 6.76. The SMILES string of the molecule is C[C@@H]1CN(C(=O)CN2C(=O)C3(CCN(C(=O)c4ccc5[nH]ncc5c4)CC3)c3c(Br)cccc32)C[C@@H]1F. The second kappa shape index (κ2) is 8.93. The van der Waals surface area contributed by atoms with E-state index in [1.165, 1.54) is 4.90 Å². The van der Waals surface area contributed by atoms with Crippen molar-refractivity contribution in [3.8, 4) is 0 Å². The highest BCUT2D eigenvalue weighted by molar-refractivity contribution is 9.10. The molecule has 1 N–H and O–H groups in total. The Balaban J connectivity index is 1.23. The number of rotatable bonds is 3. The van der Waals surface area contributed by atoms with E-state index < -0.39 is 11.6 Å². The van der Waals surface area contributed by atoms with Crippen LogP contribution >= 0.6 is 15.9 Å². The number of anilines is 1. The zero-order valence-electron chi connectivity index (χ0n) is 20.4. The zero-order valence-corrected chi connectivity index (χ0v) is 22.0. The molecule has 1 spiro atoms. The average molecular weight is 568 g/mol. The minimum atomic E-state index is -1.04. The van der Waals surface area contributed by atoms with E-state index in [4.69, 9.17) is 0 Å². The zero-order chi connectivity index (χ0) is 25.9. The van der Waals surface area contributed by atoms with E-state index in [0.29, 0.717) is 43.7 Å². The van der Waals surface area contributed by atoms with E-state index in [-0.39, 0.29) is 36.7 Å². The third kappa shape index (κ3) is 3.84. The number of hydrogen-bond acceptors (Lipinski definition) is 4. The first-order valence-corrected chi connectivity index (χ1v) is 13.3. The monoisotopic (exact) mass is 567 g/mol. The third-order valence-corrected chi connectivity index (χ3v) is 8.83. The van der Waals surface area contributed by atoms with Crippen molar-refractivity contribution in [1.29, 1.82) is 0 Å². The average Bonchev–Trinajstić information content (AvgIpc) is 3.56. The lowest BCUT2D eigenvalue weighted by atomic mass is 9.73. The maximum absolute atomic E-state index is 14.1. The molecule has 37 heavy (non-hydrogen) atoms. The van der Waals surface area contributed by atoms with Gasteiger partial charge in [-0.3, -0.25) is 19.5 Å². The first-order chi connectivity index (χ1) is 17.8. The molecule has 1 aromatic heterocycles. The molecule has 10 heteroatoms. The number of halogens is 2. The summed E-state index contributed by atoms with van der Waals surface area (Å²) in [6.45, 7) is 2.95. The van der Waals surface area contributed by atoms with Crippen LogP contribution in [0, 0.1) is 5.92 Å². The Morgan fingerprint density at radius 2 is 1.95 bits per heavy atom. The molecule has 2 saturated heterocycles. The van der Waals surface area contributed by atoms with Gasteiger partial charge in [0.1, 0.15) is 12.7 Å². The van der Waals surface area contributed by atoms with Crippen LogP contribution in [0.5, 0.6) is 0 Å². The number of hydrogen-bond donors (Lipinski definition) is 1. The van der Waals surface area contributed by atoms with Crippen molar-refractivity contribution in [3.63, 3.8) is 0 Å². The molecule has 0 bridgehead atoms. The van der Waals surface area contributed by atoms with Gasteiger partial charge in [0, 0.05) is 52.2 Å². The summed E-state index contributed by atoms with van der Waals surface area (Å²) in [5, 5.41) is 7.78. The van der Waals surface area contributed by atoms with Crippen molar-refractivity contribution >= 4 is 50.2 Å². The maximum atomic E-state index is 14.1. The van der Waals surface area contributed by atoms with Crippen LogP contribution in [0.4, 0.5) is 10.1 Å². The fraction of sp³-hybridized carbons (Fsp3) is 0.407. The molecule has 0 radical (unpaired) electrons. The number of nitrogens with one attached hydrogen (secondary N) is 1. The van der Waals surface area contributed by atoms with Crippen LogP contribution in [-0.2, 0) is 15.0 Å². The number of fused-ring (bicyclic) bond motifs is 3. The highest BCUT2D eigenvalue weighted by Crippen LogP contribution is 2.51. The molecule has 2 fully saturated rings. The third-order valence-electron chi connectivity index (χ3n) is 8.17. The smallest absolute Gasteiger partial charge is 0.253 e. The fourth-order valence-electron chi connectivity index (χ4n) is 6.02. The van der Waals surface area contributed by atoms with Gasteiger partial charge in [-0.05, 0) is 43.2 Å². The number of piperidine rings is 1. The molecule has 2 atom stereocenters. The van der Waals surface area contributed by atoms with E-state index in [0.717, 1.165) is 20.9 Å². The highest BCUT2D eigenvalue weighted by Gasteiger charge is 2.54. The number of benzene rings is 2. The van der Waals surface area contributed by atoms with Gasteiger partial charge in [0.25, 0.3) is 5.91 Å². The molecule has 2 aromatic carbocycles. The molecule has 3 aliphatic rings. The van der Waals surface area contributed by atoms with E-state index in [9.17, 15) is 18.8 Å². The van der Waals surface area contributed by atoms with E-state index in [2.05, 4.69) is 26.1 Å². The summed E-state index contributed by atoms with van der Waals surface area (Å²) in [7, 11) is 0. The Morgan fingerprint density at radius 3 is 2.68 bits per heavy atom. The summed E-state index contributed by atoms with van der Waals surface area (Å²) in [6, 6.07) is 11.1. The topological polar surface area (TPSA) is 89.6 Å². The summed E-state index contributed by atoms with van der Waals surface area (Å²) in [5.41, 5.74) is 2.22. The Bertz CT molecular complexity index is 1410. The summed E-state index contributed by atoms with van der Waals surface area (Å²) < 4.78 is 14.9. The van der Waals surface area contributed by atoms with Gasteiger partial charge in [-0.15, -0.1) is 0 Å². The van der Waals surface area contributed by atoms with Crippen molar-refractivity contribution in [2.45, 2.75) is 31.4 Å². The van der Waals surface area contributed by atoms with Gasteiger partial charge in [0.15, 0.2) is 0 Å². The van der Waals surface area contributed by atoms with Crippen LogP contribution < -0.4 is 4.90 Å². The number of carbonyl (C=O) groups is 3. The minimum absolute atomic E-state index is 0.0696. The van der Waals surface area contributed by atoms with Crippen LogP contribution in [0.2, 0.25) is 0 Å². The van der Waals surface area contributed by atoms with Crippen molar-refractivity contribution in [2.75, 3.05) is 37.6 Å². The quantitative estimate of drug-likeness (QED) is 0.523. The molecule has 3 aliphatic heterocycles. The second-order valence-electron chi connectivity index (χ2n) is 10.4. The lowest BCUT2D eigenvalue weighted by molar-refractivity contribution is -0.132. The van der Waals surface area contributed by atoms with E-state index in [1.807, 2.05) is 30.3 Å². The van der Waals surface area contributed by atoms with Gasteiger partial charge in [0.2, 0.25) is 11.8 Å². The van der Waals surface area contributed by atoms with Crippen LogP contribution in [0.1, 0.15) is 35.7 Å². The molecule has 8 nitrogen and oxygen atoms in total. The van der Waals surface area contributed by atoms with Gasteiger partial charge in [-0.25, -0.2) is 4.39 Å². The summed E-state index contributed by atoms with van der Waals surface area (Å²) in [5.74, 6) is -0.655. The summed E-state index contributed by atoms with van der Waals surface area (Å²) in [4.78, 5) is 45.2. The second-order valence-corrected chi connectivity index (χ2v) is 11.2. The maximum Gasteiger partial charge on any atom is 0.253 e. The van der Waals surface area contributed by atoms with Crippen molar-refractivity contribution in [3.05, 3.63) is 58.2 Å². The van der Waals surface area contributed by atoms with Crippen molar-refractivity contribution < 1.29 is 18.8 Å². The number of alkyl halides is 1. The van der Waals surface area contributed by atoms with Crippen LogP contribution in [0.3, 0.4) is 0 Å². The van der Waals surface area contributed by atoms with Crippen LogP contribution in [0.15, 0.2) is 47.1 Å². The van der Waals surface area contributed by atoms with Crippen LogP contribution in [-0.4, -0.2) is 76.6 Å². The molecular weight excluding hydrogens is 541 g/mol. The Kier molecular flexibility index (Phi) is 5.82. The molecule has 6 rings (SSSR count). The number of likely N-dealkylation sites (tertiary alicyclic amines) is 2. The lowest BCUT2D eigenvalue weighted by Gasteiger charge is -2.39. The number of aromatic nitrogens is 2. The van der Waals surface area contributed by atoms with E-state index >= 15 is 0 Å². The molecule has 0 unspecified atom stereocenters. The number of H-pyrrole nitrogens is 1. The predicted molar refractivity (Wildman–Crippen MR) is 140 cm³/mol. The molecule has 3 aromatic rings. The molecule has 3 amide bonds. The normalized spacial score (nSPS) is 22.8. The van der Waals surface area contributed by atoms with Gasteiger partial charge in [-0.2, -0.15) is 5.10 Å². The number of carbonyl (C=O) groups excluding carboxylic acids is 3. The molecule has 0 aliphatic carbocycles. The number of aromatic amines is 1. The van der Waals surface area contributed by atoms with Gasteiger partial charge in [0.05, 0.1) is 23.7 Å².